The summed E-state index contributed by atoms with van der Waals surface area (Å²) in [5, 5.41) is 19.2. The Labute approximate surface area is 161 Å². The second-order valence-corrected chi connectivity index (χ2v) is 6.92. The number of allylic oxidation sites excluding steroid dienone is 1. The van der Waals surface area contributed by atoms with E-state index in [1.165, 1.54) is 23.1 Å². The topological polar surface area (TPSA) is 70.0 Å². The van der Waals surface area contributed by atoms with Crippen molar-refractivity contribution in [3.8, 4) is 22.8 Å². The third kappa shape index (κ3) is 4.91. The molecule has 0 saturated heterocycles. The van der Waals surface area contributed by atoms with Crippen LogP contribution in [0.5, 0.6) is 10.9 Å². The van der Waals surface area contributed by atoms with Gasteiger partial charge in [0.2, 0.25) is 0 Å². The summed E-state index contributed by atoms with van der Waals surface area (Å²) in [6.07, 6.45) is 2.61. The second kappa shape index (κ2) is 9.13. The van der Waals surface area contributed by atoms with Gasteiger partial charge in [0.1, 0.15) is 22.3 Å². The van der Waals surface area contributed by atoms with Crippen LogP contribution < -0.4 is 15.4 Å². The Morgan fingerprint density at radius 2 is 2.15 bits per heavy atom. The molecule has 132 valence electrons. The van der Waals surface area contributed by atoms with Crippen LogP contribution in [0.3, 0.4) is 0 Å². The highest BCUT2D eigenvalue weighted by Gasteiger charge is 2.12. The molecule has 2 heterocycles. The normalized spacial score (nSPS) is 14.6. The van der Waals surface area contributed by atoms with Crippen molar-refractivity contribution in [2.24, 2.45) is 0 Å². The molecule has 1 aliphatic heterocycles. The molecular formula is C19H18N4OS2. The fourth-order valence-electron chi connectivity index (χ4n) is 2.18. The molecule has 0 radical (unpaired) electrons. The molecule has 0 spiro atoms. The zero-order chi connectivity index (χ0) is 18.2. The Bertz CT molecular complexity index is 891. The minimum absolute atomic E-state index is 0.543. The van der Waals surface area contributed by atoms with Crippen LogP contribution in [0.2, 0.25) is 0 Å². The summed E-state index contributed by atoms with van der Waals surface area (Å²) in [6.45, 7) is 0.690. The van der Waals surface area contributed by atoms with Crippen molar-refractivity contribution in [1.29, 1.82) is 5.41 Å². The number of thioether (sulfide) groups is 1. The number of para-hydroxylation sites is 1. The van der Waals surface area contributed by atoms with Crippen LogP contribution in [-0.2, 0) is 0 Å². The first-order chi connectivity index (χ1) is 12.8. The van der Waals surface area contributed by atoms with Gasteiger partial charge in [0.05, 0.1) is 0 Å². The van der Waals surface area contributed by atoms with Crippen molar-refractivity contribution < 1.29 is 4.74 Å². The largest absolute Gasteiger partial charge is 0.431 e. The monoisotopic (exact) mass is 382 g/mol. The Morgan fingerprint density at radius 3 is 2.88 bits per heavy atom. The molecular weight excluding hydrogens is 364 g/mol. The third-order valence-electron chi connectivity index (χ3n) is 3.38. The first-order valence-electron chi connectivity index (χ1n) is 8.01. The van der Waals surface area contributed by atoms with Gasteiger partial charge in [0.15, 0.2) is 0 Å². The number of nitrogens with zero attached hydrogens (tertiary/aromatic N) is 1. The number of thiazole rings is 1. The van der Waals surface area contributed by atoms with Gasteiger partial charge in [-0.15, -0.1) is 0 Å². The first kappa shape index (κ1) is 18.1. The van der Waals surface area contributed by atoms with E-state index in [-0.39, 0.29) is 0 Å². The molecule has 0 fully saturated rings. The van der Waals surface area contributed by atoms with E-state index < -0.39 is 0 Å². The molecule has 1 aromatic heterocycles. The molecule has 26 heavy (non-hydrogen) atoms. The van der Waals surface area contributed by atoms with Crippen molar-refractivity contribution >= 4 is 28.1 Å². The smallest absolute Gasteiger partial charge is 0.279 e. The molecule has 7 heteroatoms. The lowest BCUT2D eigenvalue weighted by molar-refractivity contribution is 0.478. The molecule has 3 rings (SSSR count). The molecule has 0 aliphatic carbocycles. The number of hydrogen-bond donors (Lipinski definition) is 3. The minimum atomic E-state index is 0.543. The lowest BCUT2D eigenvalue weighted by atomic mass is 10.2. The molecule has 0 atom stereocenters. The van der Waals surface area contributed by atoms with Crippen LogP contribution in [0.25, 0.3) is 0 Å². The fourth-order valence-corrected chi connectivity index (χ4v) is 3.44. The number of ether oxygens (including phenoxy) is 1. The maximum Gasteiger partial charge on any atom is 0.279 e. The zero-order valence-electron chi connectivity index (χ0n) is 14.2. The van der Waals surface area contributed by atoms with Gasteiger partial charge < -0.3 is 15.4 Å². The van der Waals surface area contributed by atoms with Gasteiger partial charge in [-0.1, -0.05) is 47.2 Å². The molecule has 1 aromatic carbocycles. The Hall–Kier alpha value is -2.69. The van der Waals surface area contributed by atoms with E-state index in [0.29, 0.717) is 28.9 Å². The van der Waals surface area contributed by atoms with Crippen LogP contribution in [0.4, 0.5) is 0 Å². The predicted octanol–water partition coefficient (Wildman–Crippen LogP) is 3.94. The van der Waals surface area contributed by atoms with Crippen molar-refractivity contribution in [2.75, 3.05) is 13.6 Å². The van der Waals surface area contributed by atoms with E-state index in [1.54, 1.807) is 0 Å². The van der Waals surface area contributed by atoms with Gasteiger partial charge in [-0.25, -0.2) is 0 Å². The van der Waals surface area contributed by atoms with Crippen LogP contribution >= 0.6 is 23.1 Å². The summed E-state index contributed by atoms with van der Waals surface area (Å²) < 4.78 is 5.68. The summed E-state index contributed by atoms with van der Waals surface area (Å²) in [5.74, 6) is 7.78. The Kier molecular flexibility index (Phi) is 6.36. The SMILES string of the molecule is CN/C(NCCC#Cc1csc(Oc2ccccc2)n1)=C1/C=CSC1=N. The van der Waals surface area contributed by atoms with Gasteiger partial charge in [0, 0.05) is 31.0 Å². The van der Waals surface area contributed by atoms with Crippen LogP contribution in [0.15, 0.2) is 58.6 Å². The molecule has 0 amide bonds. The number of nitrogens with one attached hydrogen (secondary N) is 3. The van der Waals surface area contributed by atoms with Gasteiger partial charge >= 0.3 is 0 Å². The van der Waals surface area contributed by atoms with Crippen molar-refractivity contribution in [3.63, 3.8) is 0 Å². The molecule has 5 nitrogen and oxygen atoms in total. The average Bonchev–Trinajstić information content (AvgIpc) is 3.28. The number of benzene rings is 1. The van der Waals surface area contributed by atoms with Crippen molar-refractivity contribution in [1.82, 2.24) is 15.6 Å². The van der Waals surface area contributed by atoms with Crippen molar-refractivity contribution in [3.05, 3.63) is 64.3 Å². The maximum absolute atomic E-state index is 7.87. The van der Waals surface area contributed by atoms with Gasteiger partial charge in [-0.2, -0.15) is 4.98 Å². The summed E-state index contributed by atoms with van der Waals surface area (Å²) in [7, 11) is 1.84. The number of hydrogen-bond acceptors (Lipinski definition) is 7. The van der Waals surface area contributed by atoms with E-state index in [9.17, 15) is 0 Å². The van der Waals surface area contributed by atoms with E-state index in [4.69, 9.17) is 10.1 Å². The third-order valence-corrected chi connectivity index (χ3v) is 4.83. The molecule has 3 N–H and O–H groups in total. The Balaban J connectivity index is 1.50. The molecule has 0 saturated carbocycles. The van der Waals surface area contributed by atoms with Crippen LogP contribution in [-0.4, -0.2) is 23.6 Å². The predicted molar refractivity (Wildman–Crippen MR) is 109 cm³/mol. The average molecular weight is 383 g/mol. The van der Waals surface area contributed by atoms with Gasteiger partial charge in [-0.3, -0.25) is 5.41 Å². The van der Waals surface area contributed by atoms with Crippen molar-refractivity contribution in [2.45, 2.75) is 6.42 Å². The summed E-state index contributed by atoms with van der Waals surface area (Å²) >= 11 is 2.84. The highest BCUT2D eigenvalue weighted by Crippen LogP contribution is 2.24. The number of aromatic nitrogens is 1. The highest BCUT2D eigenvalue weighted by atomic mass is 32.2. The molecule has 2 aromatic rings. The quantitative estimate of drug-likeness (QED) is 0.522. The molecule has 0 bridgehead atoms. The van der Waals surface area contributed by atoms with Crippen LogP contribution in [0, 0.1) is 17.3 Å². The summed E-state index contributed by atoms with van der Waals surface area (Å²) in [6, 6.07) is 9.58. The van der Waals surface area contributed by atoms with Crippen LogP contribution in [0.1, 0.15) is 12.1 Å². The summed E-state index contributed by atoms with van der Waals surface area (Å²) in [4.78, 5) is 4.37. The molecule has 0 unspecified atom stereocenters. The second-order valence-electron chi connectivity index (χ2n) is 5.18. The first-order valence-corrected chi connectivity index (χ1v) is 9.77. The van der Waals surface area contributed by atoms with E-state index in [0.717, 1.165) is 17.1 Å². The lowest BCUT2D eigenvalue weighted by Crippen LogP contribution is -2.26. The van der Waals surface area contributed by atoms with E-state index in [2.05, 4.69) is 27.5 Å². The summed E-state index contributed by atoms with van der Waals surface area (Å²) in [5.41, 5.74) is 1.60. The Morgan fingerprint density at radius 1 is 1.31 bits per heavy atom. The highest BCUT2D eigenvalue weighted by molar-refractivity contribution is 8.17. The number of rotatable bonds is 6. The maximum atomic E-state index is 7.87. The molecule has 1 aliphatic rings. The van der Waals surface area contributed by atoms with E-state index >= 15 is 0 Å². The minimum Gasteiger partial charge on any atom is -0.431 e. The standard InChI is InChI=1S/C19H18N4OS2/c1-21-18(16-10-12-25-17(16)20)22-11-6-5-7-14-13-26-19(23-14)24-15-8-3-2-4-9-15/h2-4,8-10,12-13,20-22H,6,11H2,1H3/b18-16+,20-17?. The van der Waals surface area contributed by atoms with E-state index in [1.807, 2.05) is 54.2 Å². The van der Waals surface area contributed by atoms with Gasteiger partial charge in [-0.05, 0) is 29.5 Å². The lowest BCUT2D eigenvalue weighted by Gasteiger charge is -2.11. The zero-order valence-corrected chi connectivity index (χ0v) is 15.8. The fraction of sp³-hybridized carbons (Fsp3) is 0.158. The van der Waals surface area contributed by atoms with Gasteiger partial charge in [0.25, 0.3) is 5.19 Å².